The van der Waals surface area contributed by atoms with Crippen LogP contribution >= 0.6 is 11.3 Å². The van der Waals surface area contributed by atoms with Crippen molar-refractivity contribution in [2.45, 2.75) is 77.9 Å². The third-order valence-electron chi connectivity index (χ3n) is 4.15. The second-order valence-corrected chi connectivity index (χ2v) is 8.45. The molecule has 2 aliphatic rings. The fourth-order valence-electron chi connectivity index (χ4n) is 2.74. The molecule has 2 saturated carbocycles. The smallest absolute Gasteiger partial charge is 0.186 e. The minimum absolute atomic E-state index is 0.540. The van der Waals surface area contributed by atoms with Crippen LogP contribution in [-0.2, 0) is 6.54 Å². The number of hydrogen-bond donors (Lipinski definition) is 1. The Hall–Kier alpha value is -0.610. The van der Waals surface area contributed by atoms with Crippen molar-refractivity contribution in [2.75, 3.05) is 11.4 Å². The van der Waals surface area contributed by atoms with Gasteiger partial charge < -0.3 is 10.2 Å². The molecule has 1 aromatic rings. The van der Waals surface area contributed by atoms with Gasteiger partial charge in [0.15, 0.2) is 5.13 Å². The summed E-state index contributed by atoms with van der Waals surface area (Å²) in [5.74, 6) is 1.45. The predicted octanol–water partition coefficient (Wildman–Crippen LogP) is 4.14. The van der Waals surface area contributed by atoms with Crippen LogP contribution in [0.5, 0.6) is 0 Å². The van der Waals surface area contributed by atoms with Crippen LogP contribution in [0.2, 0.25) is 0 Å². The molecule has 0 bridgehead atoms. The molecule has 0 spiro atoms. The van der Waals surface area contributed by atoms with E-state index in [1.54, 1.807) is 0 Å². The number of nitrogens with one attached hydrogen (secondary N) is 1. The molecule has 4 heteroatoms. The molecule has 0 radical (unpaired) electrons. The molecule has 3 nitrogen and oxygen atoms in total. The highest BCUT2D eigenvalue weighted by Crippen LogP contribution is 2.45. The van der Waals surface area contributed by atoms with Gasteiger partial charge in [0, 0.05) is 36.0 Å². The van der Waals surface area contributed by atoms with Crippen LogP contribution in [-0.4, -0.2) is 23.6 Å². The Labute approximate surface area is 133 Å². The summed E-state index contributed by atoms with van der Waals surface area (Å²) >= 11 is 1.94. The Balaban J connectivity index is 1.78. The van der Waals surface area contributed by atoms with E-state index in [4.69, 9.17) is 4.98 Å². The fraction of sp³-hybridized carbons (Fsp3) is 0.824. The van der Waals surface area contributed by atoms with Crippen LogP contribution in [0.4, 0.5) is 5.13 Å². The van der Waals surface area contributed by atoms with Gasteiger partial charge in [0.05, 0.1) is 5.69 Å². The molecule has 0 amide bonds. The molecule has 0 aromatic carbocycles. The molecule has 21 heavy (non-hydrogen) atoms. The maximum Gasteiger partial charge on any atom is 0.186 e. The van der Waals surface area contributed by atoms with E-state index in [1.165, 1.54) is 41.4 Å². The summed E-state index contributed by atoms with van der Waals surface area (Å²) in [4.78, 5) is 9.13. The van der Waals surface area contributed by atoms with E-state index < -0.39 is 0 Å². The minimum atomic E-state index is 0.540. The molecule has 3 rings (SSSR count). The Morgan fingerprint density at radius 2 is 1.90 bits per heavy atom. The van der Waals surface area contributed by atoms with E-state index in [-0.39, 0.29) is 0 Å². The van der Waals surface area contributed by atoms with E-state index >= 15 is 0 Å². The highest BCUT2D eigenvalue weighted by molar-refractivity contribution is 7.15. The van der Waals surface area contributed by atoms with Crippen molar-refractivity contribution >= 4 is 16.5 Å². The fourth-order valence-corrected chi connectivity index (χ4v) is 3.91. The predicted molar refractivity (Wildman–Crippen MR) is 91.3 cm³/mol. The normalized spacial score (nSPS) is 18.8. The topological polar surface area (TPSA) is 28.2 Å². The summed E-state index contributed by atoms with van der Waals surface area (Å²) in [6.07, 6.45) is 5.38. The summed E-state index contributed by atoms with van der Waals surface area (Å²) in [6, 6.07) is 1.30. The van der Waals surface area contributed by atoms with Crippen LogP contribution in [0.25, 0.3) is 0 Å². The van der Waals surface area contributed by atoms with Crippen molar-refractivity contribution in [1.82, 2.24) is 10.3 Å². The molecule has 0 aliphatic heterocycles. The van der Waals surface area contributed by atoms with Crippen molar-refractivity contribution in [3.05, 3.63) is 10.6 Å². The highest BCUT2D eigenvalue weighted by atomic mass is 32.1. The zero-order valence-corrected chi connectivity index (χ0v) is 14.7. The van der Waals surface area contributed by atoms with Gasteiger partial charge in [0.25, 0.3) is 0 Å². The third-order valence-corrected chi connectivity index (χ3v) is 5.25. The third kappa shape index (κ3) is 3.98. The monoisotopic (exact) mass is 307 g/mol. The molecular formula is C17H29N3S. The number of nitrogens with zero attached hydrogens (tertiary/aromatic N) is 2. The molecule has 2 fully saturated rings. The van der Waals surface area contributed by atoms with E-state index in [1.807, 2.05) is 11.3 Å². The summed E-state index contributed by atoms with van der Waals surface area (Å²) in [5, 5.41) is 4.86. The lowest BCUT2D eigenvalue weighted by molar-refractivity contribution is 0.590. The van der Waals surface area contributed by atoms with Crippen LogP contribution in [0.15, 0.2) is 0 Å². The number of aromatic nitrogens is 1. The van der Waals surface area contributed by atoms with Gasteiger partial charge in [-0.15, -0.1) is 11.3 Å². The first-order chi connectivity index (χ1) is 10.0. The summed E-state index contributed by atoms with van der Waals surface area (Å²) < 4.78 is 0. The Bertz CT molecular complexity index is 472. The molecule has 0 saturated heterocycles. The molecule has 1 aromatic heterocycles. The quantitative estimate of drug-likeness (QED) is 0.782. The van der Waals surface area contributed by atoms with Crippen LogP contribution in [0.3, 0.4) is 0 Å². The lowest BCUT2D eigenvalue weighted by Crippen LogP contribution is -2.29. The lowest BCUT2D eigenvalue weighted by atomic mass is 10.2. The first-order valence-corrected chi connectivity index (χ1v) is 9.36. The average Bonchev–Trinajstić information content (AvgIpc) is 3.30. The largest absolute Gasteiger partial charge is 0.345 e. The maximum atomic E-state index is 5.07. The van der Waals surface area contributed by atoms with E-state index in [9.17, 15) is 0 Å². The number of hydrogen-bond acceptors (Lipinski definition) is 4. The van der Waals surface area contributed by atoms with Gasteiger partial charge in [0.1, 0.15) is 0 Å². The summed E-state index contributed by atoms with van der Waals surface area (Å²) in [7, 11) is 0. The van der Waals surface area contributed by atoms with Crippen molar-refractivity contribution < 1.29 is 0 Å². The van der Waals surface area contributed by atoms with Gasteiger partial charge in [-0.3, -0.25) is 0 Å². The molecule has 0 unspecified atom stereocenters. The van der Waals surface area contributed by atoms with Gasteiger partial charge in [-0.05, 0) is 31.6 Å². The lowest BCUT2D eigenvalue weighted by Gasteiger charge is -2.23. The van der Waals surface area contributed by atoms with E-state index in [0.717, 1.165) is 25.0 Å². The second-order valence-electron chi connectivity index (χ2n) is 7.39. The zero-order valence-electron chi connectivity index (χ0n) is 13.9. The van der Waals surface area contributed by atoms with Crippen molar-refractivity contribution in [1.29, 1.82) is 0 Å². The maximum absolute atomic E-state index is 5.07. The van der Waals surface area contributed by atoms with Crippen molar-refractivity contribution in [2.24, 2.45) is 5.92 Å². The van der Waals surface area contributed by atoms with Gasteiger partial charge in [0.2, 0.25) is 0 Å². The minimum Gasteiger partial charge on any atom is -0.345 e. The Morgan fingerprint density at radius 3 is 2.43 bits per heavy atom. The molecule has 1 heterocycles. The van der Waals surface area contributed by atoms with Gasteiger partial charge >= 0.3 is 0 Å². The molecular weight excluding hydrogens is 278 g/mol. The first kappa shape index (κ1) is 15.3. The molecule has 1 N–H and O–H groups in total. The van der Waals surface area contributed by atoms with Gasteiger partial charge in [-0.2, -0.15) is 0 Å². The van der Waals surface area contributed by atoms with Crippen LogP contribution in [0, 0.1) is 5.92 Å². The number of thiazole rings is 1. The van der Waals surface area contributed by atoms with Crippen LogP contribution < -0.4 is 10.2 Å². The van der Waals surface area contributed by atoms with E-state index in [2.05, 4.69) is 37.9 Å². The zero-order chi connectivity index (χ0) is 15.0. The average molecular weight is 308 g/mol. The highest BCUT2D eigenvalue weighted by Gasteiger charge is 2.34. The SMILES string of the molecule is CC(C)CN(c1nc(C2CC2)c(CNC(C)C)s1)C1CC1. The second kappa shape index (κ2) is 6.25. The Morgan fingerprint density at radius 1 is 1.19 bits per heavy atom. The number of anilines is 1. The standard InChI is InChI=1S/C17H29N3S/c1-11(2)10-20(14-7-8-14)17-19-16(13-5-6-13)15(21-17)9-18-12(3)4/h11-14,18H,5-10H2,1-4H3. The van der Waals surface area contributed by atoms with Crippen LogP contribution in [0.1, 0.15) is 69.9 Å². The van der Waals surface area contributed by atoms with Crippen molar-refractivity contribution in [3.63, 3.8) is 0 Å². The molecule has 2 aliphatic carbocycles. The molecule has 0 atom stereocenters. The summed E-state index contributed by atoms with van der Waals surface area (Å²) in [6.45, 7) is 11.2. The molecule has 118 valence electrons. The Kier molecular flexibility index (Phi) is 4.55. The van der Waals surface area contributed by atoms with Crippen molar-refractivity contribution in [3.8, 4) is 0 Å². The van der Waals surface area contributed by atoms with Gasteiger partial charge in [-0.1, -0.05) is 27.7 Å². The summed E-state index contributed by atoms with van der Waals surface area (Å²) in [5.41, 5.74) is 1.40. The van der Waals surface area contributed by atoms with Gasteiger partial charge in [-0.25, -0.2) is 4.98 Å². The number of rotatable bonds is 8. The van der Waals surface area contributed by atoms with E-state index in [0.29, 0.717) is 12.0 Å². The first-order valence-electron chi connectivity index (χ1n) is 8.54.